The summed E-state index contributed by atoms with van der Waals surface area (Å²) in [6.07, 6.45) is 0. The minimum atomic E-state index is -0.496. The summed E-state index contributed by atoms with van der Waals surface area (Å²) >= 11 is 1.43. The van der Waals surface area contributed by atoms with Gasteiger partial charge in [0.2, 0.25) is 0 Å². The average Bonchev–Trinajstić information content (AvgIpc) is 3.11. The summed E-state index contributed by atoms with van der Waals surface area (Å²) in [6, 6.07) is 17.6. The van der Waals surface area contributed by atoms with Crippen molar-refractivity contribution >= 4 is 28.3 Å². The Morgan fingerprint density at radius 2 is 1.89 bits per heavy atom. The quantitative estimate of drug-likeness (QED) is 0.646. The molecule has 2 aromatic rings. The van der Waals surface area contributed by atoms with Gasteiger partial charge in [-0.05, 0) is 23.3 Å². The van der Waals surface area contributed by atoms with Gasteiger partial charge in [-0.15, -0.1) is 0 Å². The second-order valence-corrected chi connectivity index (χ2v) is 6.75. The van der Waals surface area contributed by atoms with E-state index in [-0.39, 0.29) is 11.5 Å². The number of nitro benzene ring substituents is 1. The lowest BCUT2D eigenvalue weighted by Gasteiger charge is -2.34. The standard InChI is InChI=1S/C19H13N5O2S/c20-10-15-17(13-6-8-14(9-7-13)24(25)26)23-16(12-4-2-1-3-5-12)11-27-19(23)22-18(15)21/h1-9,11,17H,21H2. The molecule has 0 saturated carbocycles. The summed E-state index contributed by atoms with van der Waals surface area (Å²) in [7, 11) is 0. The third-order valence-corrected chi connectivity index (χ3v) is 5.21. The number of nitrogens with zero attached hydrogens (tertiary/aromatic N) is 4. The number of amidine groups is 1. The van der Waals surface area contributed by atoms with Crippen LogP contribution in [0.25, 0.3) is 5.70 Å². The van der Waals surface area contributed by atoms with E-state index in [9.17, 15) is 15.4 Å². The van der Waals surface area contributed by atoms with Gasteiger partial charge in [-0.25, -0.2) is 4.99 Å². The van der Waals surface area contributed by atoms with E-state index < -0.39 is 11.0 Å². The number of hydrogen-bond acceptors (Lipinski definition) is 7. The maximum atomic E-state index is 11.0. The van der Waals surface area contributed by atoms with Crippen LogP contribution in [0.3, 0.4) is 0 Å². The summed E-state index contributed by atoms with van der Waals surface area (Å²) in [5.74, 6) is 0.169. The lowest BCUT2D eigenvalue weighted by molar-refractivity contribution is -0.384. The molecule has 2 aromatic carbocycles. The van der Waals surface area contributed by atoms with Crippen molar-refractivity contribution < 1.29 is 4.92 Å². The Bertz CT molecular complexity index is 1050. The third-order valence-electron chi connectivity index (χ3n) is 4.37. The highest BCUT2D eigenvalue weighted by Gasteiger charge is 2.38. The molecule has 0 bridgehead atoms. The summed E-state index contributed by atoms with van der Waals surface area (Å²) in [4.78, 5) is 16.8. The second kappa shape index (κ2) is 6.63. The highest BCUT2D eigenvalue weighted by molar-refractivity contribution is 8.16. The first kappa shape index (κ1) is 16.9. The fourth-order valence-electron chi connectivity index (χ4n) is 3.12. The largest absolute Gasteiger partial charge is 0.383 e. The smallest absolute Gasteiger partial charge is 0.269 e. The molecule has 0 saturated heterocycles. The van der Waals surface area contributed by atoms with Crippen LogP contribution in [0, 0.1) is 21.4 Å². The molecule has 2 aliphatic rings. The van der Waals surface area contributed by atoms with E-state index in [0.29, 0.717) is 10.7 Å². The number of hydrogen-bond donors (Lipinski definition) is 1. The zero-order chi connectivity index (χ0) is 19.0. The van der Waals surface area contributed by atoms with E-state index in [0.717, 1.165) is 16.8 Å². The lowest BCUT2D eigenvalue weighted by atomic mass is 9.95. The molecule has 4 rings (SSSR count). The first-order valence-electron chi connectivity index (χ1n) is 8.04. The van der Waals surface area contributed by atoms with Crippen molar-refractivity contribution in [1.29, 1.82) is 5.26 Å². The van der Waals surface area contributed by atoms with Crippen LogP contribution in [0.1, 0.15) is 17.2 Å². The van der Waals surface area contributed by atoms with Gasteiger partial charge < -0.3 is 10.6 Å². The van der Waals surface area contributed by atoms with Crippen molar-refractivity contribution in [3.63, 3.8) is 0 Å². The van der Waals surface area contributed by atoms with Crippen molar-refractivity contribution in [3.05, 3.63) is 92.6 Å². The van der Waals surface area contributed by atoms with Gasteiger partial charge in [0.1, 0.15) is 17.9 Å². The van der Waals surface area contributed by atoms with Gasteiger partial charge in [-0.3, -0.25) is 10.1 Å². The van der Waals surface area contributed by atoms with Crippen LogP contribution >= 0.6 is 11.8 Å². The Morgan fingerprint density at radius 3 is 2.52 bits per heavy atom. The van der Waals surface area contributed by atoms with Crippen molar-refractivity contribution in [3.8, 4) is 6.07 Å². The molecule has 0 fully saturated rings. The monoisotopic (exact) mass is 375 g/mol. The summed E-state index contributed by atoms with van der Waals surface area (Å²) in [6.45, 7) is 0. The highest BCUT2D eigenvalue weighted by Crippen LogP contribution is 2.45. The molecule has 2 heterocycles. The number of thioether (sulfide) groups is 1. The normalized spacial score (nSPS) is 18.5. The van der Waals surface area contributed by atoms with Crippen molar-refractivity contribution in [2.45, 2.75) is 6.04 Å². The Labute approximate surface area is 159 Å². The maximum absolute atomic E-state index is 11.0. The molecule has 8 heteroatoms. The van der Waals surface area contributed by atoms with E-state index in [4.69, 9.17) is 5.73 Å². The third kappa shape index (κ3) is 2.84. The van der Waals surface area contributed by atoms with Crippen LogP contribution in [0.2, 0.25) is 0 Å². The number of nitro groups is 1. The van der Waals surface area contributed by atoms with Crippen LogP contribution in [-0.4, -0.2) is 15.0 Å². The first-order valence-corrected chi connectivity index (χ1v) is 8.92. The molecule has 1 unspecified atom stereocenters. The minimum Gasteiger partial charge on any atom is -0.383 e. The summed E-state index contributed by atoms with van der Waals surface area (Å²) in [5, 5.41) is 23.3. The molecule has 132 valence electrons. The Kier molecular flexibility index (Phi) is 4.14. The predicted octanol–water partition coefficient (Wildman–Crippen LogP) is 3.75. The van der Waals surface area contributed by atoms with Crippen LogP contribution in [-0.2, 0) is 0 Å². The van der Waals surface area contributed by atoms with Gasteiger partial charge in [0.15, 0.2) is 5.17 Å². The number of aliphatic imine (C=N–C) groups is 1. The lowest BCUT2D eigenvalue weighted by Crippen LogP contribution is -2.34. The number of nitriles is 1. The maximum Gasteiger partial charge on any atom is 0.269 e. The molecular formula is C19H13N5O2S. The fourth-order valence-corrected chi connectivity index (χ4v) is 4.05. The number of non-ortho nitro benzene ring substituents is 1. The molecule has 0 aliphatic carbocycles. The number of fused-ring (bicyclic) bond motifs is 1. The Morgan fingerprint density at radius 1 is 1.19 bits per heavy atom. The Balaban J connectivity index is 1.83. The van der Waals surface area contributed by atoms with Gasteiger partial charge >= 0.3 is 0 Å². The van der Waals surface area contributed by atoms with E-state index in [2.05, 4.69) is 11.1 Å². The first-order chi connectivity index (χ1) is 13.1. The predicted molar refractivity (Wildman–Crippen MR) is 104 cm³/mol. The second-order valence-electron chi connectivity index (χ2n) is 5.91. The topological polar surface area (TPSA) is 109 Å². The van der Waals surface area contributed by atoms with Crippen LogP contribution in [0.15, 0.2) is 76.4 Å². The molecule has 2 N–H and O–H groups in total. The zero-order valence-corrected chi connectivity index (χ0v) is 14.8. The molecule has 1 atom stereocenters. The molecule has 0 aromatic heterocycles. The molecule has 0 spiro atoms. The summed E-state index contributed by atoms with van der Waals surface area (Å²) < 4.78 is 0. The SMILES string of the molecule is N#CC1=C(N)N=C2SC=C(c3ccccc3)N2C1c1ccc([N+](=O)[O-])cc1. The van der Waals surface area contributed by atoms with E-state index >= 15 is 0 Å². The zero-order valence-electron chi connectivity index (χ0n) is 13.9. The number of rotatable bonds is 3. The minimum absolute atomic E-state index is 0.00599. The molecular weight excluding hydrogens is 362 g/mol. The average molecular weight is 375 g/mol. The molecule has 0 amide bonds. The van der Waals surface area contributed by atoms with Gasteiger partial charge in [0, 0.05) is 17.5 Å². The van der Waals surface area contributed by atoms with Gasteiger partial charge in [0.05, 0.1) is 16.2 Å². The van der Waals surface area contributed by atoms with Gasteiger partial charge in [-0.1, -0.05) is 42.1 Å². The highest BCUT2D eigenvalue weighted by atomic mass is 32.2. The molecule has 0 radical (unpaired) electrons. The van der Waals surface area contributed by atoms with E-state index in [1.807, 2.05) is 40.6 Å². The van der Waals surface area contributed by atoms with Crippen molar-refractivity contribution in [2.75, 3.05) is 0 Å². The Hall–Kier alpha value is -3.57. The molecule has 7 nitrogen and oxygen atoms in total. The van der Waals surface area contributed by atoms with Crippen molar-refractivity contribution in [1.82, 2.24) is 4.90 Å². The van der Waals surface area contributed by atoms with Crippen LogP contribution in [0.4, 0.5) is 5.69 Å². The van der Waals surface area contributed by atoms with Gasteiger partial charge in [0.25, 0.3) is 5.69 Å². The van der Waals surface area contributed by atoms with Crippen LogP contribution in [0.5, 0.6) is 0 Å². The van der Waals surface area contributed by atoms with E-state index in [1.54, 1.807) is 12.1 Å². The fraction of sp³-hybridized carbons (Fsp3) is 0.0526. The van der Waals surface area contributed by atoms with Crippen LogP contribution < -0.4 is 5.73 Å². The van der Waals surface area contributed by atoms with Crippen molar-refractivity contribution in [2.24, 2.45) is 10.7 Å². The number of benzene rings is 2. The molecule has 27 heavy (non-hydrogen) atoms. The summed E-state index contributed by atoms with van der Waals surface area (Å²) in [5.41, 5.74) is 8.97. The molecule has 2 aliphatic heterocycles. The van der Waals surface area contributed by atoms with Gasteiger partial charge in [-0.2, -0.15) is 5.26 Å². The van der Waals surface area contributed by atoms with E-state index in [1.165, 1.54) is 23.9 Å². The number of nitrogens with two attached hydrogens (primary N) is 1.